The largest absolute Gasteiger partial charge is 0.437 e. The summed E-state index contributed by atoms with van der Waals surface area (Å²) < 4.78 is 144. The van der Waals surface area contributed by atoms with E-state index in [1.807, 2.05) is 19.6 Å². The van der Waals surface area contributed by atoms with E-state index in [-0.39, 0.29) is 0 Å². The molecular weight excluding hydrogens is 1920 g/mol. The van der Waals surface area contributed by atoms with Gasteiger partial charge in [0.05, 0.1) is 66.1 Å². The van der Waals surface area contributed by atoms with Crippen LogP contribution in [-0.2, 0) is 105 Å². The van der Waals surface area contributed by atoms with Gasteiger partial charge in [-0.3, -0.25) is 0 Å². The minimum Gasteiger partial charge on any atom is -0.437 e. The number of rotatable bonds is 67. The molecule has 0 bridgehead atoms. The average Bonchev–Trinajstić information content (AvgIpc) is 1.84. The molecule has 0 aliphatic carbocycles. The normalized spacial score (nSPS) is 19.9. The third-order valence-electron chi connectivity index (χ3n) is 18.6. The summed E-state index contributed by atoms with van der Waals surface area (Å²) in [5.41, 5.74) is 16.9. The summed E-state index contributed by atoms with van der Waals surface area (Å²) in [5, 5.41) is 0. The van der Waals surface area contributed by atoms with Crippen molar-refractivity contribution in [1.82, 2.24) is 0 Å². The molecule has 5 aliphatic heterocycles. The van der Waals surface area contributed by atoms with Crippen LogP contribution >= 0.6 is 0 Å². The van der Waals surface area contributed by atoms with Gasteiger partial charge in [-0.05, 0) is 368 Å². The molecule has 0 amide bonds. The summed E-state index contributed by atoms with van der Waals surface area (Å²) in [5.74, 6) is 0. The van der Waals surface area contributed by atoms with E-state index < -0.39 is 161 Å². The second-order valence-electron chi connectivity index (χ2n) is 44.5. The van der Waals surface area contributed by atoms with Crippen LogP contribution in [0.4, 0.5) is 0 Å². The molecule has 0 aromatic carbocycles. The van der Waals surface area contributed by atoms with Crippen LogP contribution in [0.3, 0.4) is 0 Å². The van der Waals surface area contributed by atoms with Crippen molar-refractivity contribution in [2.75, 3.05) is 119 Å². The van der Waals surface area contributed by atoms with Crippen LogP contribution in [0, 0.1) is 0 Å². The number of nitrogens with two attached hydrogens (primary N) is 3. The molecule has 5 aliphatic rings. The van der Waals surface area contributed by atoms with Crippen LogP contribution in [0.2, 0.25) is 297 Å². The van der Waals surface area contributed by atoms with Crippen molar-refractivity contribution in [2.24, 2.45) is 17.2 Å². The van der Waals surface area contributed by atoms with Crippen LogP contribution in [-0.4, -0.2) is 320 Å². The topological polar surface area (TPSA) is 357 Å². The Morgan fingerprint density at radius 3 is 0.600 bits per heavy atom. The smallest absolute Gasteiger partial charge is 0.320 e. The van der Waals surface area contributed by atoms with Crippen molar-refractivity contribution in [1.29, 1.82) is 0 Å². The molecule has 48 heteroatoms. The molecule has 5 saturated heterocycles. The quantitative estimate of drug-likeness (QED) is 0.0214. The SMILES string of the molecule is C[Si](C)(C)O[Si](C)(C)O[Si](C)(CCCOCC1CO1)O[Si](C)(C)C.C[Si](C)(CCCN)O[Si](C)(C)O[Si](C)(C)O[Si](C)(C)CCCN.C[Si](C)(CCCOCC1CO1)O[Si](C)(C)O[Si](C)(C)CCCOCC1CO1.C[Si](C)(CCCOCC1CO1)O[Si](C)(C)O[Si](C)(C)O[Si](C)(C)CCCOCC1CO1.C[Si](C)(O)O[Si](C)(C)O[Si](C)(CCCN)O[Si](C)(C)O. The Morgan fingerprint density at radius 1 is 0.216 bits per heavy atom. The molecule has 0 aromatic rings. The summed E-state index contributed by atoms with van der Waals surface area (Å²) in [6, 6.07) is 8.21. The van der Waals surface area contributed by atoms with Gasteiger partial charge in [0.1, 0.15) is 30.5 Å². The van der Waals surface area contributed by atoms with Crippen LogP contribution in [0.25, 0.3) is 0 Å². The maximum absolute atomic E-state index is 10.1. The molecule has 0 radical (unpaired) electrons. The van der Waals surface area contributed by atoms with Gasteiger partial charge in [0, 0.05) is 33.0 Å². The molecule has 29 nitrogen and oxygen atoms in total. The first-order valence-electron chi connectivity index (χ1n) is 46.8. The highest BCUT2D eigenvalue weighted by atomic mass is 28.5. The highest BCUT2D eigenvalue weighted by Gasteiger charge is 2.50. The van der Waals surface area contributed by atoms with Crippen molar-refractivity contribution in [3.8, 4) is 0 Å². The molecule has 0 spiro atoms. The molecule has 0 aromatic heterocycles. The highest BCUT2D eigenvalue weighted by Crippen LogP contribution is 2.34. The summed E-state index contributed by atoms with van der Waals surface area (Å²) in [4.78, 5) is 20.0. The summed E-state index contributed by atoms with van der Waals surface area (Å²) in [6.45, 7) is 95.5. The van der Waals surface area contributed by atoms with Gasteiger partial charge in [-0.1, -0.05) is 0 Å². The lowest BCUT2D eigenvalue weighted by Crippen LogP contribution is -2.58. The minimum atomic E-state index is -2.69. The fraction of sp³-hybridized carbons (Fsp3) is 1.00. The van der Waals surface area contributed by atoms with Crippen LogP contribution in [0.5, 0.6) is 0 Å². The monoisotopic (exact) mass is 2110 g/mol. The molecule has 7 atom stereocenters. The third kappa shape index (κ3) is 75.6. The molecule has 8 N–H and O–H groups in total. The lowest BCUT2D eigenvalue weighted by Gasteiger charge is -2.41. The number of hydrogen-bond donors (Lipinski definition) is 5. The van der Waals surface area contributed by atoms with Crippen molar-refractivity contribution < 1.29 is 115 Å². The van der Waals surface area contributed by atoms with Gasteiger partial charge in [-0.15, -0.1) is 0 Å². The van der Waals surface area contributed by atoms with Crippen LogP contribution in [0.1, 0.15) is 51.4 Å². The predicted molar refractivity (Wildman–Crippen MR) is 557 cm³/mol. The number of ether oxygens (including phenoxy) is 10. The first-order valence-corrected chi connectivity index (χ1v) is 103. The molecule has 125 heavy (non-hydrogen) atoms. The molecule has 5 rings (SSSR count). The van der Waals surface area contributed by atoms with Gasteiger partial charge >= 0.3 is 94.2 Å². The Bertz CT molecular complexity index is 2780. The van der Waals surface area contributed by atoms with E-state index in [0.717, 1.165) is 199 Å². The Kier molecular flexibility index (Phi) is 56.3. The average molecular weight is 2110 g/mol. The van der Waals surface area contributed by atoms with Crippen LogP contribution < -0.4 is 17.2 Å². The van der Waals surface area contributed by atoms with Gasteiger partial charge in [-0.2, -0.15) is 0 Å². The number of hydrogen-bond acceptors (Lipinski definition) is 29. The Balaban J connectivity index is 0.000000788. The summed E-state index contributed by atoms with van der Waals surface area (Å²) in [6.07, 6.45) is 9.70. The zero-order valence-electron chi connectivity index (χ0n) is 86.9. The summed E-state index contributed by atoms with van der Waals surface area (Å²) in [7, 11) is -39.8. The van der Waals surface area contributed by atoms with Crippen molar-refractivity contribution in [3.05, 3.63) is 0 Å². The van der Waals surface area contributed by atoms with E-state index >= 15 is 0 Å². The fourth-order valence-corrected chi connectivity index (χ4v) is 102. The first-order chi connectivity index (χ1) is 56.5. The van der Waals surface area contributed by atoms with Gasteiger partial charge in [0.25, 0.3) is 0 Å². The Morgan fingerprint density at radius 2 is 0.392 bits per heavy atom. The molecular formula is C77H195N3O26Si19. The van der Waals surface area contributed by atoms with E-state index in [1.54, 1.807) is 26.2 Å². The van der Waals surface area contributed by atoms with Gasteiger partial charge in [0.2, 0.25) is 0 Å². The van der Waals surface area contributed by atoms with E-state index in [4.69, 9.17) is 122 Å². The molecule has 5 heterocycles. The standard InChI is InChI=1S/C20H46O7Si4.C18H40O6Si3.C15H38O5Si4.C14H40N2O3Si4.C10H31NO5Si4/c1-28(2,13-9-11-21-15-19-17-23-19)25-30(5,6)27-31(7,8)26-29(3,4)14-10-12-22-16-20-18-24-20;1-25(2,11-7-9-19-13-17-15-21-17)23-27(5,6)24-26(3,4)12-8-10-20-14-18-16-22-18;1-21(2,3)18-23(7,8)20-24(9,19-22(4,5)6)12-10-11-16-13-15-14-17-15;1-20(2,13-9-11-15)17-22(5,6)19-23(7,8)18-21(3,4)14-10-12-16;1-17(2,12)14-19(5,6)16-20(7,10-8-9-11)15-18(3,4)13/h19-20H,9-18H2,1-8H3;17-18H,7-16H2,1-6H3;15H,10-14H2,1-9H3;9-16H2,1-8H3;12-13H,8-11H2,1-7H3. The van der Waals surface area contributed by atoms with Crippen molar-refractivity contribution >= 4 is 161 Å². The van der Waals surface area contributed by atoms with Gasteiger partial charge < -0.3 is 132 Å². The highest BCUT2D eigenvalue weighted by molar-refractivity contribution is 6.93. The van der Waals surface area contributed by atoms with E-state index in [2.05, 4.69) is 203 Å². The minimum absolute atomic E-state index is 0.333. The van der Waals surface area contributed by atoms with Crippen molar-refractivity contribution in [3.63, 3.8) is 0 Å². The van der Waals surface area contributed by atoms with E-state index in [1.165, 1.54) is 0 Å². The predicted octanol–water partition coefficient (Wildman–Crippen LogP) is 17.6. The zero-order valence-corrected chi connectivity index (χ0v) is 106. The molecule has 750 valence electrons. The summed E-state index contributed by atoms with van der Waals surface area (Å²) >= 11 is 0. The lowest BCUT2D eigenvalue weighted by atomic mass is 10.5. The maximum atomic E-state index is 10.1. The Labute approximate surface area is 784 Å². The third-order valence-corrected chi connectivity index (χ3v) is 87.1. The van der Waals surface area contributed by atoms with Gasteiger partial charge in [0.15, 0.2) is 66.5 Å². The first kappa shape index (κ1) is 126. The zero-order chi connectivity index (χ0) is 96.4. The van der Waals surface area contributed by atoms with E-state index in [0.29, 0.717) is 49.7 Å². The van der Waals surface area contributed by atoms with Crippen LogP contribution in [0.15, 0.2) is 0 Å². The molecule has 5 fully saturated rings. The second-order valence-corrected chi connectivity index (χ2v) is 119. The number of epoxide rings is 5. The van der Waals surface area contributed by atoms with E-state index in [9.17, 15) is 9.59 Å². The van der Waals surface area contributed by atoms with Gasteiger partial charge in [-0.25, -0.2) is 0 Å². The fourth-order valence-electron chi connectivity index (χ4n) is 15.7. The lowest BCUT2D eigenvalue weighted by molar-refractivity contribution is 0.115. The second kappa shape index (κ2) is 55.8. The molecule has 0 saturated carbocycles. The van der Waals surface area contributed by atoms with Crippen molar-refractivity contribution in [2.45, 2.75) is 379 Å². The molecule has 7 unspecified atom stereocenters. The Hall–Kier alpha value is 2.96. The maximum Gasteiger partial charge on any atom is 0.320 e.